The SMILES string of the molecule is CC(NC(=O)CSc1nnc(-c2ccncc2)n1Cc1ccccc1)c1ccc(Cl)c(Cl)c1. The van der Waals surface area contributed by atoms with Crippen LogP contribution in [-0.4, -0.2) is 31.4 Å². The van der Waals surface area contributed by atoms with E-state index in [9.17, 15) is 4.79 Å². The second-order valence-corrected chi connectivity index (χ2v) is 9.12. The number of carbonyl (C=O) groups is 1. The van der Waals surface area contributed by atoms with Gasteiger partial charge in [-0.2, -0.15) is 0 Å². The van der Waals surface area contributed by atoms with Gasteiger partial charge >= 0.3 is 0 Å². The summed E-state index contributed by atoms with van der Waals surface area (Å²) in [6, 6.07) is 19.0. The topological polar surface area (TPSA) is 72.7 Å². The first-order valence-corrected chi connectivity index (χ1v) is 12.0. The second-order valence-electron chi connectivity index (χ2n) is 7.37. The lowest BCUT2D eigenvalue weighted by Crippen LogP contribution is -2.28. The van der Waals surface area contributed by atoms with Crippen molar-refractivity contribution in [3.63, 3.8) is 0 Å². The molecule has 0 saturated carbocycles. The van der Waals surface area contributed by atoms with Crippen molar-refractivity contribution in [2.24, 2.45) is 0 Å². The lowest BCUT2D eigenvalue weighted by Gasteiger charge is -2.15. The van der Waals surface area contributed by atoms with E-state index in [0.29, 0.717) is 21.7 Å². The number of benzene rings is 2. The Morgan fingerprint density at radius 1 is 1.03 bits per heavy atom. The fourth-order valence-corrected chi connectivity index (χ4v) is 4.35. The minimum absolute atomic E-state index is 0.113. The van der Waals surface area contributed by atoms with E-state index in [0.717, 1.165) is 22.5 Å². The molecular formula is C24H21Cl2N5OS. The fourth-order valence-electron chi connectivity index (χ4n) is 3.30. The highest BCUT2D eigenvalue weighted by Gasteiger charge is 2.17. The van der Waals surface area contributed by atoms with Crippen LogP contribution in [0.5, 0.6) is 0 Å². The van der Waals surface area contributed by atoms with Gasteiger partial charge in [0.25, 0.3) is 0 Å². The maximum atomic E-state index is 12.6. The molecule has 168 valence electrons. The summed E-state index contributed by atoms with van der Waals surface area (Å²) in [5, 5.41) is 13.4. The molecule has 33 heavy (non-hydrogen) atoms. The van der Waals surface area contributed by atoms with Gasteiger partial charge < -0.3 is 5.32 Å². The first kappa shape index (κ1) is 23.3. The third-order valence-corrected chi connectivity index (χ3v) is 6.70. The molecule has 2 aromatic carbocycles. The van der Waals surface area contributed by atoms with Crippen LogP contribution < -0.4 is 5.32 Å². The van der Waals surface area contributed by atoms with Gasteiger partial charge in [0.1, 0.15) is 0 Å². The number of thioether (sulfide) groups is 1. The van der Waals surface area contributed by atoms with Crippen LogP contribution in [-0.2, 0) is 11.3 Å². The van der Waals surface area contributed by atoms with Gasteiger partial charge in [-0.25, -0.2) is 0 Å². The molecule has 0 fully saturated rings. The average molecular weight is 498 g/mol. The van der Waals surface area contributed by atoms with Gasteiger partial charge in [0.05, 0.1) is 28.4 Å². The Hall–Kier alpha value is -2.87. The summed E-state index contributed by atoms with van der Waals surface area (Å²) in [5.41, 5.74) is 2.92. The Balaban J connectivity index is 1.48. The van der Waals surface area contributed by atoms with Crippen molar-refractivity contribution in [3.05, 3.63) is 94.2 Å². The van der Waals surface area contributed by atoms with Crippen LogP contribution in [0.15, 0.2) is 78.2 Å². The van der Waals surface area contributed by atoms with Crippen molar-refractivity contribution in [2.45, 2.75) is 24.7 Å². The molecule has 1 atom stereocenters. The average Bonchev–Trinajstić information content (AvgIpc) is 3.23. The van der Waals surface area contributed by atoms with Gasteiger partial charge in [-0.05, 0) is 42.3 Å². The van der Waals surface area contributed by atoms with E-state index in [-0.39, 0.29) is 17.7 Å². The fraction of sp³-hybridized carbons (Fsp3) is 0.167. The number of nitrogens with zero attached hydrogens (tertiary/aromatic N) is 4. The molecular weight excluding hydrogens is 477 g/mol. The van der Waals surface area contributed by atoms with Crippen molar-refractivity contribution < 1.29 is 4.79 Å². The van der Waals surface area contributed by atoms with Gasteiger partial charge in [0.2, 0.25) is 5.91 Å². The van der Waals surface area contributed by atoms with Crippen LogP contribution in [0.1, 0.15) is 24.1 Å². The van der Waals surface area contributed by atoms with E-state index in [1.807, 2.05) is 47.9 Å². The molecule has 0 spiro atoms. The molecule has 0 aliphatic heterocycles. The molecule has 4 rings (SSSR count). The molecule has 2 aromatic heterocycles. The van der Waals surface area contributed by atoms with Gasteiger partial charge in [-0.15, -0.1) is 10.2 Å². The number of halogens is 2. The number of pyridine rings is 1. The summed E-state index contributed by atoms with van der Waals surface area (Å²) in [7, 11) is 0. The number of carbonyl (C=O) groups excluding carboxylic acids is 1. The molecule has 4 aromatic rings. The number of amides is 1. The molecule has 1 unspecified atom stereocenters. The Morgan fingerprint density at radius 2 is 1.79 bits per heavy atom. The zero-order valence-electron chi connectivity index (χ0n) is 17.8. The summed E-state index contributed by atoms with van der Waals surface area (Å²) in [6.07, 6.45) is 3.45. The third kappa shape index (κ3) is 5.93. The quantitative estimate of drug-likeness (QED) is 0.317. The summed E-state index contributed by atoms with van der Waals surface area (Å²) in [5.74, 6) is 0.821. The number of rotatable bonds is 8. The lowest BCUT2D eigenvalue weighted by molar-refractivity contribution is -0.119. The summed E-state index contributed by atoms with van der Waals surface area (Å²) in [6.45, 7) is 2.50. The molecule has 0 aliphatic carbocycles. The van der Waals surface area contributed by atoms with E-state index < -0.39 is 0 Å². The molecule has 2 heterocycles. The van der Waals surface area contributed by atoms with E-state index in [2.05, 4.69) is 32.6 Å². The normalized spacial score (nSPS) is 11.8. The number of aromatic nitrogens is 4. The van der Waals surface area contributed by atoms with Crippen LogP contribution in [0.2, 0.25) is 10.0 Å². The maximum absolute atomic E-state index is 12.6. The number of nitrogens with one attached hydrogen (secondary N) is 1. The highest BCUT2D eigenvalue weighted by Crippen LogP contribution is 2.27. The molecule has 0 saturated heterocycles. The summed E-state index contributed by atoms with van der Waals surface area (Å²) >= 11 is 13.4. The minimum Gasteiger partial charge on any atom is -0.349 e. The Bertz CT molecular complexity index is 1230. The van der Waals surface area contributed by atoms with Crippen molar-refractivity contribution in [2.75, 3.05) is 5.75 Å². The molecule has 1 amide bonds. The number of hydrogen-bond donors (Lipinski definition) is 1. The van der Waals surface area contributed by atoms with E-state index in [1.54, 1.807) is 24.5 Å². The summed E-state index contributed by atoms with van der Waals surface area (Å²) < 4.78 is 2.02. The zero-order chi connectivity index (χ0) is 23.2. The largest absolute Gasteiger partial charge is 0.349 e. The first-order valence-electron chi connectivity index (χ1n) is 10.3. The van der Waals surface area contributed by atoms with Crippen LogP contribution in [0.3, 0.4) is 0 Å². The predicted octanol–water partition coefficient (Wildman–Crippen LogP) is 5.66. The van der Waals surface area contributed by atoms with Gasteiger partial charge in [-0.3, -0.25) is 14.3 Å². The van der Waals surface area contributed by atoms with Gasteiger partial charge in [0.15, 0.2) is 11.0 Å². The molecule has 1 N–H and O–H groups in total. The summed E-state index contributed by atoms with van der Waals surface area (Å²) in [4.78, 5) is 16.7. The Kier molecular flexibility index (Phi) is 7.65. The van der Waals surface area contributed by atoms with Gasteiger partial charge in [0, 0.05) is 18.0 Å². The predicted molar refractivity (Wildman–Crippen MR) is 133 cm³/mol. The highest BCUT2D eigenvalue weighted by atomic mass is 35.5. The molecule has 0 aliphatic rings. The third-order valence-electron chi connectivity index (χ3n) is 4.99. The van der Waals surface area contributed by atoms with E-state index >= 15 is 0 Å². The van der Waals surface area contributed by atoms with Crippen molar-refractivity contribution in [1.29, 1.82) is 0 Å². The number of hydrogen-bond acceptors (Lipinski definition) is 5. The van der Waals surface area contributed by atoms with Gasteiger partial charge in [-0.1, -0.05) is 71.4 Å². The molecule has 0 bridgehead atoms. The van der Waals surface area contributed by atoms with Crippen molar-refractivity contribution >= 4 is 40.9 Å². The smallest absolute Gasteiger partial charge is 0.230 e. The Labute approximate surface area is 206 Å². The van der Waals surface area contributed by atoms with Crippen molar-refractivity contribution in [1.82, 2.24) is 25.1 Å². The van der Waals surface area contributed by atoms with Crippen LogP contribution in [0.4, 0.5) is 0 Å². The van der Waals surface area contributed by atoms with Crippen LogP contribution >= 0.6 is 35.0 Å². The monoisotopic (exact) mass is 497 g/mol. The van der Waals surface area contributed by atoms with Crippen molar-refractivity contribution in [3.8, 4) is 11.4 Å². The molecule has 9 heteroatoms. The molecule has 0 radical (unpaired) electrons. The first-order chi connectivity index (χ1) is 16.0. The highest BCUT2D eigenvalue weighted by molar-refractivity contribution is 7.99. The van der Waals surface area contributed by atoms with Crippen LogP contribution in [0.25, 0.3) is 11.4 Å². The van der Waals surface area contributed by atoms with E-state index in [4.69, 9.17) is 23.2 Å². The van der Waals surface area contributed by atoms with Crippen LogP contribution in [0, 0.1) is 0 Å². The standard InChI is InChI=1S/C24H21Cl2N5OS/c1-16(19-7-8-20(25)21(26)13-19)28-22(32)15-33-24-30-29-23(18-9-11-27-12-10-18)31(24)14-17-5-3-2-4-6-17/h2-13,16H,14-15H2,1H3,(H,28,32). The minimum atomic E-state index is -0.206. The molecule has 6 nitrogen and oxygen atoms in total. The second kappa shape index (κ2) is 10.8. The maximum Gasteiger partial charge on any atom is 0.230 e. The van der Waals surface area contributed by atoms with E-state index in [1.165, 1.54) is 11.8 Å². The Morgan fingerprint density at radius 3 is 2.52 bits per heavy atom. The zero-order valence-corrected chi connectivity index (χ0v) is 20.1. The lowest BCUT2D eigenvalue weighted by atomic mass is 10.1.